The molecule has 9 rings (SSSR count). The number of aliphatic hydroxyl groups excluding tert-OH is 1. The first kappa shape index (κ1) is 60.2. The van der Waals surface area contributed by atoms with E-state index in [4.69, 9.17) is 96.4 Å². The van der Waals surface area contributed by atoms with Crippen LogP contribution < -0.4 is 5.32 Å². The van der Waals surface area contributed by atoms with Crippen molar-refractivity contribution in [3.05, 3.63) is 192 Å². The molecule has 4 saturated heterocycles. The molecule has 5 aromatic carbocycles. The van der Waals surface area contributed by atoms with Crippen molar-refractivity contribution in [3.63, 3.8) is 0 Å². The van der Waals surface area contributed by atoms with E-state index < -0.39 is 108 Å². The molecule has 19 heteroatoms. The van der Waals surface area contributed by atoms with E-state index in [1.165, 1.54) is 0 Å². The van der Waals surface area contributed by atoms with E-state index in [1.807, 2.05) is 159 Å². The zero-order chi connectivity index (χ0) is 56.1. The number of alkyl halides is 3. The minimum Gasteiger partial charge on any atom is -0.388 e. The highest BCUT2D eigenvalue weighted by Gasteiger charge is 2.58. The molecule has 0 aromatic heterocycles. The average Bonchev–Trinajstić information content (AvgIpc) is 3.59. The number of halogens is 3. The Kier molecular flexibility index (Phi) is 21.6. The number of carbonyl (C=O) groups is 1. The third-order valence-corrected chi connectivity index (χ3v) is 14.6. The maximum Gasteiger partial charge on any atom is 0.272 e. The first-order chi connectivity index (χ1) is 38.7. The molecule has 0 unspecified atom stereocenters. The molecule has 16 nitrogen and oxygen atoms in total. The molecule has 4 fully saturated rings. The van der Waals surface area contributed by atoms with Crippen LogP contribution in [0.25, 0.3) is 0 Å². The number of hydrogen-bond donors (Lipinski definition) is 2. The van der Waals surface area contributed by atoms with Gasteiger partial charge in [-0.05, 0) is 48.6 Å². The Labute approximate surface area is 482 Å². The van der Waals surface area contributed by atoms with E-state index in [-0.39, 0.29) is 52.9 Å². The predicted octanol–water partition coefficient (Wildman–Crippen LogP) is 9.08. The molecule has 430 valence electrons. The van der Waals surface area contributed by atoms with Crippen molar-refractivity contribution in [2.24, 2.45) is 0 Å². The molecule has 0 saturated carbocycles. The van der Waals surface area contributed by atoms with E-state index in [9.17, 15) is 9.90 Å². The molecule has 0 spiro atoms. The lowest BCUT2D eigenvalue weighted by Crippen LogP contribution is -2.71. The van der Waals surface area contributed by atoms with Crippen LogP contribution in [0.5, 0.6) is 0 Å². The summed E-state index contributed by atoms with van der Waals surface area (Å²) >= 11 is 18.5. The molecule has 4 aliphatic rings. The molecular weight excluding hydrogens is 1090 g/mol. The van der Waals surface area contributed by atoms with Gasteiger partial charge in [0.2, 0.25) is 0 Å². The fourth-order valence-corrected chi connectivity index (χ4v) is 10.2. The Morgan fingerprint density at radius 3 is 1.60 bits per heavy atom. The lowest BCUT2D eigenvalue weighted by molar-refractivity contribution is -0.404. The predicted molar refractivity (Wildman–Crippen MR) is 297 cm³/mol. The zero-order valence-electron chi connectivity index (χ0n) is 44.8. The summed E-state index contributed by atoms with van der Waals surface area (Å²) in [7, 11) is 0. The van der Waals surface area contributed by atoms with Crippen molar-refractivity contribution in [1.82, 2.24) is 5.32 Å². The lowest BCUT2D eigenvalue weighted by atomic mass is 9.94. The number of nitrogens with one attached hydrogen (secondary N) is 1. The molecule has 15 atom stereocenters. The number of hydrogen-bond acceptors (Lipinski definition) is 15. The summed E-state index contributed by atoms with van der Waals surface area (Å²) < 4.78 is 85.8. The van der Waals surface area contributed by atoms with Crippen LogP contribution >= 0.6 is 34.8 Å². The number of carbonyl (C=O) groups excluding carboxylic acids is 1. The molecule has 80 heavy (non-hydrogen) atoms. The first-order valence-electron chi connectivity index (χ1n) is 26.8. The SMILES string of the molecule is C=CCO[C@@H]1O[C@@H](C)[C@H](OCc2ccccc2)[C@@H](O[C@H]2O[C@H](COCc3ccccc3)[C@@H](OCc3ccccc3)[C@H](OCc3ccccc3)[C@H]2OCc2ccccc2)[C@H]1O[C@@H]1O[C@@H]2COC(C)(C)O[C@H]2[C@H](O)[C@H]1NC(=O)C(Cl)(Cl)Cl. The summed E-state index contributed by atoms with van der Waals surface area (Å²) in [6.45, 7) is 10.0. The van der Waals surface area contributed by atoms with Gasteiger partial charge in [-0.3, -0.25) is 4.79 Å². The highest BCUT2D eigenvalue weighted by atomic mass is 35.6. The van der Waals surface area contributed by atoms with Crippen molar-refractivity contribution in [2.75, 3.05) is 19.8 Å². The number of amides is 1. The van der Waals surface area contributed by atoms with Gasteiger partial charge in [0.15, 0.2) is 24.7 Å². The van der Waals surface area contributed by atoms with Crippen LogP contribution in [0, 0.1) is 0 Å². The van der Waals surface area contributed by atoms with Gasteiger partial charge in [-0.15, -0.1) is 6.58 Å². The Morgan fingerprint density at radius 1 is 0.613 bits per heavy atom. The van der Waals surface area contributed by atoms with E-state index in [0.717, 1.165) is 27.8 Å². The van der Waals surface area contributed by atoms with Crippen LogP contribution in [-0.2, 0) is 99.4 Å². The highest BCUT2D eigenvalue weighted by molar-refractivity contribution is 6.76. The van der Waals surface area contributed by atoms with Crippen molar-refractivity contribution < 1.29 is 71.5 Å². The standard InChI is InChI=1S/C61H70Cl3NO15/c1-5-31-69-57-55(79-56-47(65-59(67)61(62,63)64)48(66)50-46(76-56)38-74-60(3,4)80-50)53(49(39(2)75-57)70-33-41-23-13-7-14-24-41)78-58-54(73-36-44-29-19-10-20-30-44)52(72-35-43-27-17-9-18-28-43)51(71-34-42-25-15-8-16-26-42)45(77-58)37-68-32-40-21-11-6-12-22-40/h5-30,39,45-58,66H,1,31-38H2,2-4H3,(H,65,67)/t39-,45+,46+,47+,48+,49-,50+,51+,52-,53+,54+,55+,56-,57+,58+/m0/s1. The van der Waals surface area contributed by atoms with Gasteiger partial charge in [-0.25, -0.2) is 0 Å². The lowest BCUT2D eigenvalue weighted by Gasteiger charge is -2.53. The Hall–Kier alpha value is -4.38. The molecule has 5 aromatic rings. The maximum atomic E-state index is 13.6. The Bertz CT molecular complexity index is 2650. The molecule has 0 aliphatic carbocycles. The van der Waals surface area contributed by atoms with Crippen LogP contribution in [0.3, 0.4) is 0 Å². The second kappa shape index (κ2) is 28.7. The fraction of sp³-hybridized carbons (Fsp3) is 0.459. The topological polar surface area (TPSA) is 169 Å². The van der Waals surface area contributed by atoms with Crippen molar-refractivity contribution in [2.45, 2.75) is 155 Å². The third kappa shape index (κ3) is 16.2. The van der Waals surface area contributed by atoms with E-state index in [2.05, 4.69) is 11.9 Å². The molecule has 4 aliphatic heterocycles. The maximum absolute atomic E-state index is 13.6. The minimum atomic E-state index is -2.45. The number of rotatable bonds is 24. The monoisotopic (exact) mass is 1160 g/mol. The molecule has 0 radical (unpaired) electrons. The van der Waals surface area contributed by atoms with Crippen LogP contribution in [0.2, 0.25) is 0 Å². The van der Waals surface area contributed by atoms with Gasteiger partial charge in [0, 0.05) is 0 Å². The van der Waals surface area contributed by atoms with Gasteiger partial charge in [0.25, 0.3) is 9.70 Å². The Morgan fingerprint density at radius 2 is 1.09 bits per heavy atom. The third-order valence-electron chi connectivity index (χ3n) is 14.1. The summed E-state index contributed by atoms with van der Waals surface area (Å²) in [4.78, 5) is 13.6. The van der Waals surface area contributed by atoms with Gasteiger partial charge in [0.05, 0.1) is 59.0 Å². The van der Waals surface area contributed by atoms with Crippen LogP contribution in [0.4, 0.5) is 0 Å². The van der Waals surface area contributed by atoms with Gasteiger partial charge in [-0.1, -0.05) is 193 Å². The van der Waals surface area contributed by atoms with Gasteiger partial charge < -0.3 is 72.0 Å². The number of ether oxygens (including phenoxy) is 13. The summed E-state index contributed by atoms with van der Waals surface area (Å²) in [5.74, 6) is -2.18. The summed E-state index contributed by atoms with van der Waals surface area (Å²) in [5.41, 5.74) is 4.53. The summed E-state index contributed by atoms with van der Waals surface area (Å²) in [5, 5.41) is 14.9. The number of benzene rings is 5. The van der Waals surface area contributed by atoms with Gasteiger partial charge in [-0.2, -0.15) is 0 Å². The number of aliphatic hydroxyl groups is 1. The van der Waals surface area contributed by atoms with E-state index in [1.54, 1.807) is 19.9 Å². The van der Waals surface area contributed by atoms with Gasteiger partial charge >= 0.3 is 0 Å². The smallest absolute Gasteiger partial charge is 0.272 e. The second-order valence-electron chi connectivity index (χ2n) is 20.4. The van der Waals surface area contributed by atoms with E-state index in [0.29, 0.717) is 0 Å². The average molecular weight is 1160 g/mol. The largest absolute Gasteiger partial charge is 0.388 e. The van der Waals surface area contributed by atoms with Crippen molar-refractivity contribution in [1.29, 1.82) is 0 Å². The second-order valence-corrected chi connectivity index (χ2v) is 22.7. The van der Waals surface area contributed by atoms with Gasteiger partial charge in [0.1, 0.15) is 67.1 Å². The summed E-state index contributed by atoms with van der Waals surface area (Å²) in [6.07, 6.45) is -13.7. The highest BCUT2D eigenvalue weighted by Crippen LogP contribution is 2.40. The first-order valence-corrected chi connectivity index (χ1v) is 28.0. The molecule has 2 N–H and O–H groups in total. The molecular formula is C61H70Cl3NO15. The van der Waals surface area contributed by atoms with E-state index >= 15 is 0 Å². The minimum absolute atomic E-state index is 0.00193. The molecule has 0 bridgehead atoms. The van der Waals surface area contributed by atoms with Crippen molar-refractivity contribution >= 4 is 40.7 Å². The van der Waals surface area contributed by atoms with Crippen LogP contribution in [0.15, 0.2) is 164 Å². The fourth-order valence-electron chi connectivity index (χ4n) is 10.1. The molecule has 1 amide bonds. The molecule has 4 heterocycles. The van der Waals surface area contributed by atoms with Crippen LogP contribution in [-0.4, -0.2) is 132 Å². The van der Waals surface area contributed by atoms with Crippen LogP contribution in [0.1, 0.15) is 48.6 Å². The summed E-state index contributed by atoms with van der Waals surface area (Å²) in [6, 6.07) is 47.4. The quantitative estimate of drug-likeness (QED) is 0.0443. The zero-order valence-corrected chi connectivity index (χ0v) is 47.1. The normalized spacial score (nSPS) is 30.5. The van der Waals surface area contributed by atoms with Crippen molar-refractivity contribution in [3.8, 4) is 0 Å². The Balaban J connectivity index is 1.14. The number of fused-ring (bicyclic) bond motifs is 1.